The molecule has 20 aromatic rings. The Hall–Kier alpha value is -13.5. The molecule has 6 heterocycles. The minimum Gasteiger partial charge on any atom is -0.512 e. The van der Waals surface area contributed by atoms with Crippen LogP contribution in [0.4, 0.5) is 0 Å². The number of aliphatic hydroxyl groups is 4. The number of hydrogen-bond acceptors (Lipinski definition) is 14. The molecule has 0 bridgehead atoms. The van der Waals surface area contributed by atoms with E-state index < -0.39 is 0 Å². The maximum atomic E-state index is 10.0. The van der Waals surface area contributed by atoms with Crippen LogP contribution in [0.1, 0.15) is 66.5 Å². The summed E-state index contributed by atoms with van der Waals surface area (Å²) in [5.74, 6) is -0.250. The first kappa shape index (κ1) is 119. The third-order valence-electron chi connectivity index (χ3n) is 19.8. The summed E-state index contributed by atoms with van der Waals surface area (Å²) < 4.78 is 0. The zero-order valence-corrected chi connectivity index (χ0v) is 93.7. The van der Waals surface area contributed by atoms with Gasteiger partial charge in [0.25, 0.3) is 0 Å². The monoisotopic (exact) mass is 2940 g/mol. The number of aliphatic hydroxyl groups excluding tert-OH is 4. The van der Waals surface area contributed by atoms with Gasteiger partial charge < -0.3 is 25.4 Å². The van der Waals surface area contributed by atoms with Gasteiger partial charge >= 0.3 is 0 Å². The van der Waals surface area contributed by atoms with Crippen LogP contribution >= 0.6 is 0 Å². The van der Waals surface area contributed by atoms with Crippen LogP contribution in [0.15, 0.2) is 436 Å². The van der Waals surface area contributed by atoms with Gasteiger partial charge in [-0.05, 0) is 164 Å². The van der Waals surface area contributed by atoms with Crippen LogP contribution in [-0.4, -0.2) is 73.5 Å². The topological polar surface area (TPSA) is 227 Å². The Morgan fingerprint density at radius 1 is 0.254 bits per heavy atom. The van der Waals surface area contributed by atoms with Crippen molar-refractivity contribution in [1.82, 2.24) is 29.9 Å². The second kappa shape index (κ2) is 62.7. The molecule has 20 heteroatoms. The number of allylic oxidation sites excluding steroid dienone is 8. The summed E-state index contributed by atoms with van der Waals surface area (Å²) in [5, 5.41) is 44.1. The number of pyridine rings is 6. The normalized spacial score (nSPS) is 10.4. The van der Waals surface area contributed by atoms with E-state index in [2.05, 4.69) is 217 Å². The number of benzene rings is 14. The van der Waals surface area contributed by atoms with Gasteiger partial charge in [0.1, 0.15) is 0 Å². The van der Waals surface area contributed by atoms with Crippen molar-refractivity contribution >= 4 is 99.2 Å². The molecule has 0 unspecified atom stereocenters. The number of nitrogens with zero attached hydrogens (tertiary/aromatic N) is 6. The average molecular weight is 2930 g/mol. The zero-order valence-electron chi connectivity index (χ0n) is 79.4. The third kappa shape index (κ3) is 39.2. The molecule has 0 spiro atoms. The molecule has 14 nitrogen and oxygen atoms in total. The van der Waals surface area contributed by atoms with Crippen LogP contribution in [0, 0.1) is 50.2 Å². The van der Waals surface area contributed by atoms with Crippen LogP contribution in [0.2, 0.25) is 0 Å². The fraction of sp³-hybridized carbons (Fsp3) is 0.0820. The first-order valence-corrected chi connectivity index (χ1v) is 43.9. The Labute approximate surface area is 911 Å². The molecule has 14 aromatic carbocycles. The van der Waals surface area contributed by atoms with Gasteiger partial charge in [-0.15, -0.1) is 202 Å². The van der Waals surface area contributed by atoms with Gasteiger partial charge in [-0.2, -0.15) is 0 Å². The van der Waals surface area contributed by atoms with Crippen molar-refractivity contribution in [1.29, 1.82) is 0 Å². The minimum absolute atomic E-state index is 0. The summed E-state index contributed by atoms with van der Waals surface area (Å²) in [4.78, 5) is 67.9. The fourth-order valence-electron chi connectivity index (χ4n) is 13.9. The predicted octanol–water partition coefficient (Wildman–Crippen LogP) is 29.8. The number of fused-ring (bicyclic) bond motifs is 7. The van der Waals surface area contributed by atoms with Gasteiger partial charge in [-0.1, -0.05) is 261 Å². The summed E-state index contributed by atoms with van der Waals surface area (Å²) in [6.07, 6.45) is 6.51. The van der Waals surface area contributed by atoms with Crippen LogP contribution in [-0.2, 0) is 140 Å². The van der Waals surface area contributed by atoms with Gasteiger partial charge in [0.05, 0.1) is 50.6 Å². The van der Waals surface area contributed by atoms with E-state index in [1.54, 1.807) is 0 Å². The van der Waals surface area contributed by atoms with E-state index in [0.717, 1.165) is 111 Å². The van der Waals surface area contributed by atoms with Crippen molar-refractivity contribution in [3.63, 3.8) is 0 Å². The van der Waals surface area contributed by atoms with Crippen LogP contribution in [0.5, 0.6) is 0 Å². The molecule has 0 saturated carbocycles. The standard InChI is InChI=1S/C21H14N.C19H12N.C17H14N.3C15H10N.4C5H8O2.6Ir/c1-2-6-16(7-3-1)17-10-12-19(13-11-17)21-15-14-18-8-4-5-9-20(18)22-21;1-2-7-16-13-17(10-9-14(16)5-1)19-12-11-15-6-3-4-8-18(15)20-19;1-12-9-13(2)11-15(10-12)17-8-7-14-5-3-4-6-16(14)18-17;1-2-7-13(8-3-1)15-14-9-5-4-6-12(14)10-11-16-15;2*1-2-6-12(7-3-1)15-11-10-13-8-4-5-9-14(13)16-15;4*1-4(6)3-5(2)7;;;;;;/h1-12,14-15H;1-9,11-13H;3-10H,1-2H3;1-7,9-11H;2*1-6,8-11H;4*3,6H,1-2H3;;;;;;/q6*-1;;;;;;;;;;. The number of carbonyl (C=O) groups excluding carboxylic acids is 4. The zero-order chi connectivity index (χ0) is 96.5. The second-order valence-corrected chi connectivity index (χ2v) is 31.3. The molecule has 0 saturated heterocycles. The van der Waals surface area contributed by atoms with E-state index in [9.17, 15) is 19.2 Å². The molecular formula is C122H102Ir6N6O8-6. The van der Waals surface area contributed by atoms with Crippen LogP contribution < -0.4 is 0 Å². The summed E-state index contributed by atoms with van der Waals surface area (Å²) in [7, 11) is 0. The smallest absolute Gasteiger partial charge is 0.155 e. The van der Waals surface area contributed by atoms with Crippen molar-refractivity contribution in [3.8, 4) is 78.7 Å². The van der Waals surface area contributed by atoms with Crippen molar-refractivity contribution in [2.24, 2.45) is 0 Å². The molecule has 6 radical (unpaired) electrons. The number of rotatable bonds is 11. The third-order valence-corrected chi connectivity index (χ3v) is 19.8. The van der Waals surface area contributed by atoms with Crippen molar-refractivity contribution in [3.05, 3.63) is 483 Å². The number of aryl methyl sites for hydroxylation is 2. The van der Waals surface area contributed by atoms with Crippen molar-refractivity contribution in [2.75, 3.05) is 0 Å². The number of carbonyl (C=O) groups is 4. The van der Waals surface area contributed by atoms with Crippen LogP contribution in [0.25, 0.3) is 155 Å². The number of hydrogen-bond donors (Lipinski definition) is 4. The summed E-state index contributed by atoms with van der Waals surface area (Å²) in [5.41, 5.74) is 22.0. The van der Waals surface area contributed by atoms with Gasteiger partial charge in [0, 0.05) is 151 Å². The molecule has 0 aliphatic rings. The van der Waals surface area contributed by atoms with Crippen molar-refractivity contribution < 1.29 is 160 Å². The van der Waals surface area contributed by atoms with E-state index in [4.69, 9.17) is 35.4 Å². The first-order chi connectivity index (χ1) is 65.8. The maximum Gasteiger partial charge on any atom is 0.155 e. The molecular weight excluding hydrogens is 2830 g/mol. The van der Waals surface area contributed by atoms with Gasteiger partial charge in [0.2, 0.25) is 0 Å². The molecule has 0 fully saturated rings. The van der Waals surface area contributed by atoms with Gasteiger partial charge in [-0.3, -0.25) is 44.1 Å². The number of para-hydroxylation sites is 5. The summed E-state index contributed by atoms with van der Waals surface area (Å²) >= 11 is 0. The van der Waals surface area contributed by atoms with Crippen molar-refractivity contribution in [2.45, 2.75) is 69.2 Å². The largest absolute Gasteiger partial charge is 0.512 e. The Balaban J connectivity index is 0.000000283. The maximum absolute atomic E-state index is 10.0. The molecule has 0 amide bonds. The Bertz CT molecular complexity index is 7210. The quantitative estimate of drug-likeness (QED) is 0.0537. The van der Waals surface area contributed by atoms with E-state index in [1.165, 1.54) is 134 Å². The van der Waals surface area contributed by atoms with E-state index in [-0.39, 0.29) is 167 Å². The molecule has 728 valence electrons. The average Bonchev–Trinajstić information content (AvgIpc) is 0.830. The fourth-order valence-corrected chi connectivity index (χ4v) is 13.9. The minimum atomic E-state index is -0.125. The first-order valence-electron chi connectivity index (χ1n) is 43.9. The Morgan fingerprint density at radius 3 is 0.901 bits per heavy atom. The summed E-state index contributed by atoms with van der Waals surface area (Å²) in [6, 6.07) is 149. The molecule has 0 aliphatic carbocycles. The van der Waals surface area contributed by atoms with E-state index >= 15 is 0 Å². The number of aromatic nitrogens is 6. The predicted molar refractivity (Wildman–Crippen MR) is 557 cm³/mol. The molecule has 4 N–H and O–H groups in total. The van der Waals surface area contributed by atoms with E-state index in [0.29, 0.717) is 0 Å². The van der Waals surface area contributed by atoms with E-state index in [1.807, 2.05) is 237 Å². The Kier molecular flexibility index (Phi) is 52.5. The SMILES string of the molecule is CC(=O)C=C(C)O.CC(=O)C=C(C)O.CC(=O)C=C(C)O.CC(=O)C=C(C)O.Cc1[c-]c(-c2ccc3ccccc3n2)cc(C)c1.[Ir].[Ir].[Ir].[Ir].[Ir].[Ir].[c-]1cc(-c2ccccc2)ccc1-c1ccc2ccccc2n1.[c-]1cc2ccccc2cc1-c1ccc2ccccc2n1.[c-]1ccccc1-c1ccc2ccccc2n1.[c-]1ccccc1-c1ccc2ccccc2n1.[c-]1ccccc1-c1nccc2ccccc12. The molecule has 20 rings (SSSR count). The second-order valence-electron chi connectivity index (χ2n) is 31.3. The Morgan fingerprint density at radius 2 is 0.563 bits per heavy atom. The summed E-state index contributed by atoms with van der Waals surface area (Å²) in [6.45, 7) is 15.6. The molecule has 0 atom stereocenters. The number of ketones is 4. The molecule has 142 heavy (non-hydrogen) atoms. The molecule has 0 aliphatic heterocycles. The van der Waals surface area contributed by atoms with Gasteiger partial charge in [0.15, 0.2) is 23.1 Å². The molecule has 6 aromatic heterocycles. The van der Waals surface area contributed by atoms with Crippen LogP contribution in [0.3, 0.4) is 0 Å². The van der Waals surface area contributed by atoms with Gasteiger partial charge in [-0.25, -0.2) is 0 Å².